The molecule has 1 unspecified atom stereocenters. The second-order valence-electron chi connectivity index (χ2n) is 24.1. The number of ether oxygens (including phenoxy) is 3. The molecule has 0 aromatic rings. The van der Waals surface area contributed by atoms with E-state index in [4.69, 9.17) is 14.2 Å². The first-order chi connectivity index (χ1) is 40.5. The number of hydrogen-bond acceptors (Lipinski definition) is 6. The number of carbonyl (C=O) groups is 3. The van der Waals surface area contributed by atoms with Gasteiger partial charge in [0.05, 0.1) is 0 Å². The van der Waals surface area contributed by atoms with Crippen LogP contribution < -0.4 is 0 Å². The average Bonchev–Trinajstić information content (AvgIpc) is 3.47. The summed E-state index contributed by atoms with van der Waals surface area (Å²) < 4.78 is 17.0. The van der Waals surface area contributed by atoms with E-state index >= 15 is 0 Å². The fourth-order valence-electron chi connectivity index (χ4n) is 10.6. The van der Waals surface area contributed by atoms with Gasteiger partial charge < -0.3 is 14.2 Å². The van der Waals surface area contributed by atoms with E-state index in [-0.39, 0.29) is 31.1 Å². The minimum Gasteiger partial charge on any atom is -0.462 e. The van der Waals surface area contributed by atoms with Crippen LogP contribution in [0.2, 0.25) is 0 Å². The lowest BCUT2D eigenvalue weighted by Gasteiger charge is -2.18. The summed E-state index contributed by atoms with van der Waals surface area (Å²) in [7, 11) is 0. The normalized spacial score (nSPS) is 12.5. The number of esters is 3. The molecule has 82 heavy (non-hydrogen) atoms. The molecule has 0 N–H and O–H groups in total. The second-order valence-corrected chi connectivity index (χ2v) is 24.1. The van der Waals surface area contributed by atoms with Gasteiger partial charge in [0.2, 0.25) is 0 Å². The highest BCUT2D eigenvalue weighted by molar-refractivity contribution is 5.71. The first kappa shape index (κ1) is 78.8. The fourth-order valence-corrected chi connectivity index (χ4v) is 10.6. The van der Waals surface area contributed by atoms with E-state index < -0.39 is 6.10 Å². The Balaban J connectivity index is 4.37. The highest BCUT2D eigenvalue weighted by Gasteiger charge is 2.19. The highest BCUT2D eigenvalue weighted by Crippen LogP contribution is 2.18. The van der Waals surface area contributed by atoms with Crippen molar-refractivity contribution in [3.8, 4) is 0 Å². The Morgan fingerprint density at radius 2 is 0.476 bits per heavy atom. The summed E-state index contributed by atoms with van der Waals surface area (Å²) in [5, 5.41) is 0. The number of hydrogen-bond donors (Lipinski definition) is 0. The zero-order valence-electron chi connectivity index (χ0n) is 54.8. The number of rotatable bonds is 66. The Bertz CT molecular complexity index is 1500. The lowest BCUT2D eigenvalue weighted by atomic mass is 10.0. The van der Waals surface area contributed by atoms with E-state index in [2.05, 4.69) is 93.7 Å². The molecule has 0 aromatic carbocycles. The lowest BCUT2D eigenvalue weighted by molar-refractivity contribution is -0.167. The quantitative estimate of drug-likeness (QED) is 0.0261. The summed E-state index contributed by atoms with van der Waals surface area (Å²) in [6, 6.07) is 0. The summed E-state index contributed by atoms with van der Waals surface area (Å²) in [6.07, 6.45) is 92.1. The largest absolute Gasteiger partial charge is 0.462 e. The maximum Gasteiger partial charge on any atom is 0.306 e. The topological polar surface area (TPSA) is 78.9 Å². The Kier molecular flexibility index (Phi) is 67.6. The third-order valence-electron chi connectivity index (χ3n) is 15.9. The van der Waals surface area contributed by atoms with Crippen LogP contribution in [-0.4, -0.2) is 37.2 Å². The molecule has 0 rings (SSSR count). The van der Waals surface area contributed by atoms with Crippen molar-refractivity contribution in [2.75, 3.05) is 13.2 Å². The molecule has 0 fully saturated rings. The van der Waals surface area contributed by atoms with E-state index in [9.17, 15) is 14.4 Å². The van der Waals surface area contributed by atoms with Gasteiger partial charge in [-0.3, -0.25) is 14.4 Å². The highest BCUT2D eigenvalue weighted by atomic mass is 16.6. The second kappa shape index (κ2) is 70.3. The maximum atomic E-state index is 13.0. The van der Waals surface area contributed by atoms with Crippen LogP contribution in [0.15, 0.2) is 72.9 Å². The smallest absolute Gasteiger partial charge is 0.306 e. The van der Waals surface area contributed by atoms with Crippen LogP contribution >= 0.6 is 0 Å². The van der Waals surface area contributed by atoms with Crippen molar-refractivity contribution < 1.29 is 28.6 Å². The molecule has 0 amide bonds. The average molecular weight is 1150 g/mol. The number of allylic oxidation sites excluding steroid dienone is 12. The number of carbonyl (C=O) groups excluding carboxylic acids is 3. The zero-order chi connectivity index (χ0) is 59.2. The Morgan fingerprint density at radius 3 is 0.756 bits per heavy atom. The Morgan fingerprint density at radius 1 is 0.256 bits per heavy atom. The molecule has 0 spiro atoms. The van der Waals surface area contributed by atoms with Crippen LogP contribution in [0, 0.1) is 0 Å². The van der Waals surface area contributed by atoms with Gasteiger partial charge in [-0.1, -0.05) is 338 Å². The molecule has 0 aliphatic carbocycles. The predicted octanol–water partition coefficient (Wildman–Crippen LogP) is 24.8. The Hall–Kier alpha value is -3.15. The van der Waals surface area contributed by atoms with Gasteiger partial charge in [-0.05, 0) is 89.9 Å². The third-order valence-corrected chi connectivity index (χ3v) is 15.9. The SMILES string of the molecule is CC/C=C\C/C=C\C/C=C\C/C=C\C/C=C\CCCCCCCCCC(=O)OCC(COC(=O)CCCCCCCCCCCCCCCCCCCCCC)OC(=O)CCCCCCCCCCC/C=C\CCCCCCCCCC. The monoisotopic (exact) mass is 1150 g/mol. The van der Waals surface area contributed by atoms with Crippen molar-refractivity contribution in [1.29, 1.82) is 0 Å². The summed E-state index contributed by atoms with van der Waals surface area (Å²) in [6.45, 7) is 6.58. The fraction of sp³-hybridized carbons (Fsp3) is 0.803. The Labute approximate surface area is 510 Å². The van der Waals surface area contributed by atoms with Gasteiger partial charge in [-0.25, -0.2) is 0 Å². The van der Waals surface area contributed by atoms with E-state index in [1.165, 1.54) is 238 Å². The molecule has 0 aromatic heterocycles. The summed E-state index contributed by atoms with van der Waals surface area (Å²) in [4.78, 5) is 38.5. The molecule has 0 heterocycles. The van der Waals surface area contributed by atoms with Crippen molar-refractivity contribution in [2.45, 2.75) is 380 Å². The summed E-state index contributed by atoms with van der Waals surface area (Å²) in [5.74, 6) is -0.865. The van der Waals surface area contributed by atoms with Crippen molar-refractivity contribution in [2.24, 2.45) is 0 Å². The molecular formula is C76H136O6. The lowest BCUT2D eigenvalue weighted by Crippen LogP contribution is -2.30. The van der Waals surface area contributed by atoms with E-state index in [1.54, 1.807) is 0 Å². The van der Waals surface area contributed by atoms with Crippen molar-refractivity contribution in [1.82, 2.24) is 0 Å². The van der Waals surface area contributed by atoms with Crippen LogP contribution in [0.3, 0.4) is 0 Å². The first-order valence-electron chi connectivity index (χ1n) is 35.9. The van der Waals surface area contributed by atoms with Gasteiger partial charge in [0.25, 0.3) is 0 Å². The molecule has 0 saturated carbocycles. The van der Waals surface area contributed by atoms with Crippen LogP contribution in [-0.2, 0) is 28.6 Å². The van der Waals surface area contributed by atoms with Gasteiger partial charge in [0, 0.05) is 19.3 Å². The van der Waals surface area contributed by atoms with Crippen molar-refractivity contribution in [3.63, 3.8) is 0 Å². The predicted molar refractivity (Wildman–Crippen MR) is 358 cm³/mol. The first-order valence-corrected chi connectivity index (χ1v) is 35.9. The molecule has 0 aliphatic heterocycles. The summed E-state index contributed by atoms with van der Waals surface area (Å²) >= 11 is 0. The van der Waals surface area contributed by atoms with E-state index in [0.29, 0.717) is 19.3 Å². The number of unbranched alkanes of at least 4 members (excludes halogenated alkanes) is 43. The van der Waals surface area contributed by atoms with Gasteiger partial charge in [-0.2, -0.15) is 0 Å². The van der Waals surface area contributed by atoms with Gasteiger partial charge in [0.1, 0.15) is 13.2 Å². The summed E-state index contributed by atoms with van der Waals surface area (Å²) in [5.41, 5.74) is 0. The molecule has 1 atom stereocenters. The van der Waals surface area contributed by atoms with Crippen LogP contribution in [0.5, 0.6) is 0 Å². The van der Waals surface area contributed by atoms with Crippen LogP contribution in [0.1, 0.15) is 374 Å². The van der Waals surface area contributed by atoms with Crippen molar-refractivity contribution >= 4 is 17.9 Å². The maximum absolute atomic E-state index is 13.0. The van der Waals surface area contributed by atoms with Gasteiger partial charge >= 0.3 is 17.9 Å². The molecular weight excluding hydrogens is 1010 g/mol. The molecule has 476 valence electrons. The molecule has 6 heteroatoms. The van der Waals surface area contributed by atoms with E-state index in [0.717, 1.165) is 96.3 Å². The molecule has 0 aliphatic rings. The van der Waals surface area contributed by atoms with Gasteiger partial charge in [0.15, 0.2) is 6.10 Å². The molecule has 6 nitrogen and oxygen atoms in total. The standard InChI is InChI=1S/C76H136O6/c1-4-7-10-13-16-19-22-25-28-31-34-37-38-40-42-45-48-51-54-57-60-63-66-69-75(78)81-72-73(71-80-74(77)68-65-62-59-56-53-50-47-44-41-36-33-30-27-24-21-18-15-12-9-6-3)82-76(79)70-67-64-61-58-55-52-49-46-43-39-35-32-29-26-23-20-17-14-11-8-5-2/h7,10,16,19,25,28,32,34-35,37,40,42,73H,4-6,8-9,11-15,17-18,20-24,26-27,29-31,33,36,38-39,41,43-72H2,1-3H3/b10-7-,19-16-,28-25-,35-32-,37-34-,42-40-. The third kappa shape index (κ3) is 67.6. The zero-order valence-corrected chi connectivity index (χ0v) is 54.8. The molecule has 0 radical (unpaired) electrons. The van der Waals surface area contributed by atoms with Gasteiger partial charge in [-0.15, -0.1) is 0 Å². The van der Waals surface area contributed by atoms with Crippen LogP contribution in [0.4, 0.5) is 0 Å². The minimum absolute atomic E-state index is 0.0757. The van der Waals surface area contributed by atoms with Crippen LogP contribution in [0.25, 0.3) is 0 Å². The molecule has 0 saturated heterocycles. The molecule has 0 bridgehead atoms. The van der Waals surface area contributed by atoms with E-state index in [1.807, 2.05) is 0 Å². The van der Waals surface area contributed by atoms with Crippen molar-refractivity contribution in [3.05, 3.63) is 72.9 Å². The minimum atomic E-state index is -0.782.